The summed E-state index contributed by atoms with van der Waals surface area (Å²) < 4.78 is 8.90. The number of aryl methyl sites for hydroxylation is 7. The fourth-order valence-corrected chi connectivity index (χ4v) is 2.05. The molecule has 386 valence electrons. The second-order valence-corrected chi connectivity index (χ2v) is 7.24. The number of aromatic amines is 1. The van der Waals surface area contributed by atoms with Crippen molar-refractivity contribution in [2.24, 2.45) is 42.3 Å². The summed E-state index contributed by atoms with van der Waals surface area (Å²) in [6.07, 6.45) is 18.0. The molecule has 0 spiro atoms. The van der Waals surface area contributed by atoms with Crippen molar-refractivity contribution in [3.8, 4) is 0 Å². The predicted molar refractivity (Wildman–Crippen MR) is 290 cm³/mol. The Hall–Kier alpha value is -4.95. The van der Waals surface area contributed by atoms with E-state index in [1.165, 1.54) is 4.80 Å². The maximum Gasteiger partial charge on any atom is 0.306 e. The number of hydrogen-bond donors (Lipinski definition) is 1. The van der Waals surface area contributed by atoms with Crippen molar-refractivity contribution in [1.29, 1.82) is 0 Å². The van der Waals surface area contributed by atoms with E-state index in [0.717, 1.165) is 0 Å². The van der Waals surface area contributed by atoms with Crippen molar-refractivity contribution in [2.75, 3.05) is 0 Å². The Bertz CT molecular complexity index is 1030. The molecule has 0 saturated heterocycles. The lowest BCUT2D eigenvalue weighted by Gasteiger charge is -1.79. The van der Waals surface area contributed by atoms with E-state index in [0.29, 0.717) is 5.82 Å². The van der Waals surface area contributed by atoms with Gasteiger partial charge in [0.05, 0.1) is 13.2 Å². The SMILES string of the molecule is C.C.C.C.C.C.CC.CC.CC.CC.CC.CC.CC.CC.CC.CC.C[n+]1cnc[nH]1.Cc1nnn(C)n1.Cn1cccc1.Cn1cccn1.Cn1cccn1.Cn1ccnn1. The van der Waals surface area contributed by atoms with Crippen LogP contribution < -0.4 is 4.68 Å². The Morgan fingerprint density at radius 2 is 0.825 bits per heavy atom. The van der Waals surface area contributed by atoms with Gasteiger partial charge in [-0.05, 0) is 41.4 Å². The Balaban J connectivity index is -0.0000000274. The Kier molecular flexibility index (Phi) is 199. The lowest BCUT2D eigenvalue weighted by atomic mass is 10.7. The highest BCUT2D eigenvalue weighted by atomic mass is 15.6. The molecular weight excluding hydrogens is 787 g/mol. The smallest absolute Gasteiger partial charge is 0.306 e. The molecule has 63 heavy (non-hydrogen) atoms. The van der Waals surface area contributed by atoms with Gasteiger partial charge < -0.3 is 4.57 Å². The van der Waals surface area contributed by atoms with Gasteiger partial charge in [0.1, 0.15) is 7.05 Å². The highest BCUT2D eigenvalue weighted by Gasteiger charge is 1.85. The molecule has 1 N–H and O–H groups in total. The highest BCUT2D eigenvalue weighted by molar-refractivity contribution is 4.88. The third-order valence-corrected chi connectivity index (χ3v) is 3.75. The van der Waals surface area contributed by atoms with E-state index in [2.05, 4.69) is 46.0 Å². The number of hydrogen-bond acceptors (Lipinski definition) is 8. The van der Waals surface area contributed by atoms with Crippen molar-refractivity contribution >= 4 is 0 Å². The predicted octanol–water partition coefficient (Wildman–Crippen LogP) is 14.5. The van der Waals surface area contributed by atoms with Crippen molar-refractivity contribution in [1.82, 2.24) is 69.4 Å². The summed E-state index contributed by atoms with van der Waals surface area (Å²) >= 11 is 0. The van der Waals surface area contributed by atoms with Gasteiger partial charge in [0.25, 0.3) is 0 Å². The summed E-state index contributed by atoms with van der Waals surface area (Å²) in [4.78, 5) is 5.16. The van der Waals surface area contributed by atoms with Gasteiger partial charge >= 0.3 is 6.33 Å². The molecule has 0 bridgehead atoms. The Labute approximate surface area is 397 Å². The van der Waals surface area contributed by atoms with E-state index in [4.69, 9.17) is 0 Å². The lowest BCUT2D eigenvalue weighted by molar-refractivity contribution is -0.728. The molecule has 0 aromatic carbocycles. The van der Waals surface area contributed by atoms with Gasteiger partial charge in [0, 0.05) is 71.6 Å². The van der Waals surface area contributed by atoms with Gasteiger partial charge in [0.15, 0.2) is 5.82 Å². The zero-order chi connectivity index (χ0) is 47.3. The van der Waals surface area contributed by atoms with E-state index in [1.807, 2.05) is 227 Å². The first-order valence-corrected chi connectivity index (χ1v) is 21.0. The second-order valence-electron chi connectivity index (χ2n) is 7.24. The minimum absolute atomic E-state index is 0. The molecule has 0 radical (unpaired) electrons. The number of H-pyrrole nitrogens is 1. The van der Waals surface area contributed by atoms with Gasteiger partial charge in [-0.1, -0.05) is 188 Å². The molecule has 6 aromatic rings. The summed E-state index contributed by atoms with van der Waals surface area (Å²) in [7, 11) is 11.2. The zero-order valence-electron chi connectivity index (χ0n) is 42.3. The van der Waals surface area contributed by atoms with Crippen molar-refractivity contribution in [3.05, 3.63) is 92.3 Å². The van der Waals surface area contributed by atoms with Crippen LogP contribution in [0, 0.1) is 6.92 Å². The molecule has 0 saturated carbocycles. The first kappa shape index (κ1) is 107. The average molecular weight is 908 g/mol. The Morgan fingerprint density at radius 3 is 0.905 bits per heavy atom. The molecule has 6 rings (SSSR count). The molecule has 6 heterocycles. The van der Waals surface area contributed by atoms with Gasteiger partial charge in [-0.25, -0.2) is 0 Å². The van der Waals surface area contributed by atoms with Crippen molar-refractivity contribution in [2.45, 2.75) is 190 Å². The van der Waals surface area contributed by atoms with Crippen LogP contribution in [0.4, 0.5) is 0 Å². The molecular formula is C48H120N15+. The quantitative estimate of drug-likeness (QED) is 0.148. The number of tetrazole rings is 1. The van der Waals surface area contributed by atoms with Crippen LogP contribution in [-0.4, -0.2) is 69.4 Å². The van der Waals surface area contributed by atoms with E-state index in [1.54, 1.807) is 70.1 Å². The Morgan fingerprint density at radius 1 is 0.460 bits per heavy atom. The van der Waals surface area contributed by atoms with Crippen LogP contribution in [0.15, 0.2) is 86.5 Å². The highest BCUT2D eigenvalue weighted by Crippen LogP contribution is 1.80. The van der Waals surface area contributed by atoms with Crippen LogP contribution in [0.3, 0.4) is 0 Å². The lowest BCUT2D eigenvalue weighted by Crippen LogP contribution is -2.27. The number of nitrogens with zero attached hydrogens (tertiary/aromatic N) is 14. The van der Waals surface area contributed by atoms with Gasteiger partial charge in [-0.2, -0.15) is 24.8 Å². The molecule has 0 aliphatic carbocycles. The molecule has 0 atom stereocenters. The summed E-state index contributed by atoms with van der Waals surface area (Å²) in [5.41, 5.74) is 0. The molecule has 15 heteroatoms. The van der Waals surface area contributed by atoms with Gasteiger partial charge in [0.2, 0.25) is 6.33 Å². The first-order chi connectivity index (χ1) is 27.8. The fraction of sp³-hybridized carbons (Fsp3) is 0.688. The number of nitrogens with one attached hydrogen (secondary N) is 1. The van der Waals surface area contributed by atoms with Crippen LogP contribution in [-0.2, 0) is 42.3 Å². The molecule has 0 fully saturated rings. The molecule has 0 unspecified atom stereocenters. The monoisotopic (exact) mass is 907 g/mol. The normalized spacial score (nSPS) is 6.21. The topological polar surface area (TPSA) is 147 Å². The van der Waals surface area contributed by atoms with E-state index in [9.17, 15) is 0 Å². The third kappa shape index (κ3) is 113. The molecule has 6 aromatic heterocycles. The van der Waals surface area contributed by atoms with E-state index < -0.39 is 0 Å². The summed E-state index contributed by atoms with van der Waals surface area (Å²) in [5.74, 6) is 0.711. The first-order valence-electron chi connectivity index (χ1n) is 21.0. The average Bonchev–Trinajstić information content (AvgIpc) is 4.18. The van der Waals surface area contributed by atoms with Crippen molar-refractivity contribution < 1.29 is 4.68 Å². The molecule has 0 amide bonds. The van der Waals surface area contributed by atoms with Gasteiger partial charge in [-0.15, -0.1) is 15.3 Å². The van der Waals surface area contributed by atoms with Crippen molar-refractivity contribution in [3.63, 3.8) is 0 Å². The number of aromatic nitrogens is 15. The van der Waals surface area contributed by atoms with E-state index in [-0.39, 0.29) is 44.6 Å². The maximum absolute atomic E-state index is 3.83. The summed E-state index contributed by atoms with van der Waals surface area (Å²) in [5, 5.41) is 28.6. The van der Waals surface area contributed by atoms with Crippen LogP contribution in [0.5, 0.6) is 0 Å². The molecule has 0 aliphatic rings. The van der Waals surface area contributed by atoms with Crippen LogP contribution >= 0.6 is 0 Å². The van der Waals surface area contributed by atoms with E-state index >= 15 is 0 Å². The van der Waals surface area contributed by atoms with Crippen LogP contribution in [0.25, 0.3) is 0 Å². The standard InChI is InChI=1S/C5H7N.2C4H6N2.C3H6N4.2C3H5N3.10C2H6.6CH4/c3*1-6-4-2-3-5-6;1-3-4-6-7(2)5-3;1-6-3-4-2-5-6;1-6-3-2-4-5-6;10*1-2;;;;;;/h2-5H,1H3;2*2-4H,1H3;1-2H3;2*2-3H,1H3;10*1-2H3;6*1H4/p+1. The molecule has 0 aliphatic heterocycles. The maximum atomic E-state index is 3.83. The largest absolute Gasteiger partial charge is 0.357 e. The third-order valence-electron chi connectivity index (χ3n) is 3.75. The zero-order valence-corrected chi connectivity index (χ0v) is 42.3. The number of rotatable bonds is 0. The minimum atomic E-state index is 0. The fourth-order valence-electron chi connectivity index (χ4n) is 2.05. The van der Waals surface area contributed by atoms with Crippen LogP contribution in [0.2, 0.25) is 0 Å². The van der Waals surface area contributed by atoms with Crippen LogP contribution in [0.1, 0.15) is 189 Å². The second kappa shape index (κ2) is 118. The summed E-state index contributed by atoms with van der Waals surface area (Å²) in [6.45, 7) is 41.8. The summed E-state index contributed by atoms with van der Waals surface area (Å²) in [6, 6.07) is 7.78. The van der Waals surface area contributed by atoms with Gasteiger partial charge in [-0.3, -0.25) is 14.0 Å². The minimum Gasteiger partial charge on any atom is -0.357 e. The molecule has 15 nitrogen and oxygen atoms in total.